The van der Waals surface area contributed by atoms with Crippen molar-refractivity contribution >= 4 is 46.4 Å². The third kappa shape index (κ3) is 5.61. The van der Waals surface area contributed by atoms with Gasteiger partial charge in [-0.05, 0) is 72.8 Å². The summed E-state index contributed by atoms with van der Waals surface area (Å²) in [5, 5.41) is 0. The molecule has 2 N–H and O–H groups in total. The minimum absolute atomic E-state index is 0. The minimum Gasteiger partial charge on any atom is -0.358 e. The van der Waals surface area contributed by atoms with Crippen molar-refractivity contribution in [3.8, 4) is 0 Å². The standard InChI is InChI=1S/C20H14N4.4CH3.Zn/c1-2-14-10-16-5-6-18(23-16)12-20-8-7-19(24-20)11-17-4-3-15(22-17)9-13(1)21-14;;;;;/h1-12,21-22H;4*1H3;/q;4*-1;. The van der Waals surface area contributed by atoms with Crippen LogP contribution in [0.2, 0.25) is 0 Å². The Hall–Kier alpha value is -2.78. The van der Waals surface area contributed by atoms with E-state index in [9.17, 15) is 0 Å². The third-order valence-corrected chi connectivity index (χ3v) is 4.04. The summed E-state index contributed by atoms with van der Waals surface area (Å²) in [6.45, 7) is 0. The van der Waals surface area contributed by atoms with Crippen LogP contribution in [0.5, 0.6) is 0 Å². The van der Waals surface area contributed by atoms with E-state index < -0.39 is 0 Å². The van der Waals surface area contributed by atoms with Gasteiger partial charge in [-0.25, -0.2) is 9.97 Å². The largest absolute Gasteiger partial charge is 0.358 e. The molecule has 0 amide bonds. The molecule has 3 aromatic heterocycles. The summed E-state index contributed by atoms with van der Waals surface area (Å²) in [5.41, 5.74) is 7.86. The number of hydrogen-bond donors (Lipinski definition) is 2. The van der Waals surface area contributed by atoms with Gasteiger partial charge in [0.25, 0.3) is 0 Å². The summed E-state index contributed by atoms with van der Waals surface area (Å²) in [4.78, 5) is 16.0. The Kier molecular flexibility index (Phi) is 9.66. The van der Waals surface area contributed by atoms with Crippen LogP contribution in [-0.4, -0.2) is 19.9 Å². The molecule has 0 atom stereocenters. The van der Waals surface area contributed by atoms with E-state index >= 15 is 0 Å². The quantitative estimate of drug-likeness (QED) is 0.217. The molecule has 4 nitrogen and oxygen atoms in total. The van der Waals surface area contributed by atoms with Crippen molar-refractivity contribution in [2.45, 2.75) is 0 Å². The first kappa shape index (κ1) is 26.2. The van der Waals surface area contributed by atoms with Crippen molar-refractivity contribution in [2.75, 3.05) is 0 Å². The van der Waals surface area contributed by atoms with E-state index in [1.807, 2.05) is 42.5 Å². The molecule has 0 aliphatic carbocycles. The predicted octanol–water partition coefficient (Wildman–Crippen LogP) is 6.45. The maximum Gasteiger partial charge on any atom is 0.0659 e. The second-order valence-electron chi connectivity index (χ2n) is 5.91. The Balaban J connectivity index is 0.00000157. The molecule has 5 heteroatoms. The molecule has 0 aromatic carbocycles. The maximum atomic E-state index is 4.62. The Bertz CT molecular complexity index is 1080. The van der Waals surface area contributed by atoms with Gasteiger partial charge in [0, 0.05) is 41.5 Å². The number of nitrogens with one attached hydrogen (secondary N) is 2. The zero-order valence-electron chi connectivity index (χ0n) is 17.5. The van der Waals surface area contributed by atoms with Gasteiger partial charge >= 0.3 is 0 Å². The van der Waals surface area contributed by atoms with Crippen molar-refractivity contribution in [1.29, 1.82) is 0 Å². The normalized spacial score (nSPS) is 10.5. The number of aromatic amines is 2. The van der Waals surface area contributed by atoms with E-state index in [1.165, 1.54) is 0 Å². The first-order valence-electron chi connectivity index (χ1n) is 7.85. The number of aromatic nitrogens is 4. The van der Waals surface area contributed by atoms with Gasteiger partial charge in [0.05, 0.1) is 22.8 Å². The van der Waals surface area contributed by atoms with E-state index in [2.05, 4.69) is 50.3 Å². The summed E-state index contributed by atoms with van der Waals surface area (Å²) in [6, 6.07) is 16.4. The number of hydrogen-bond acceptors (Lipinski definition) is 2. The number of nitrogens with zero attached hydrogens (tertiary/aromatic N) is 2. The van der Waals surface area contributed by atoms with Crippen molar-refractivity contribution in [1.82, 2.24) is 19.9 Å². The van der Waals surface area contributed by atoms with Crippen LogP contribution in [0.4, 0.5) is 0 Å². The summed E-state index contributed by atoms with van der Waals surface area (Å²) >= 11 is 0. The molecule has 3 aromatic rings. The van der Waals surface area contributed by atoms with Gasteiger partial charge in [0.1, 0.15) is 0 Å². The Morgan fingerprint density at radius 3 is 1.14 bits per heavy atom. The van der Waals surface area contributed by atoms with Crippen molar-refractivity contribution in [3.63, 3.8) is 0 Å². The minimum atomic E-state index is 0. The fourth-order valence-corrected chi connectivity index (χ4v) is 2.94. The average Bonchev–Trinajstić information content (AvgIpc) is 3.32. The van der Waals surface area contributed by atoms with Gasteiger partial charge in [-0.3, -0.25) is 0 Å². The van der Waals surface area contributed by atoms with E-state index in [4.69, 9.17) is 0 Å². The fraction of sp³-hybridized carbons (Fsp3) is 0. The molecule has 2 aliphatic heterocycles. The number of rotatable bonds is 0. The Labute approximate surface area is 186 Å². The zero-order chi connectivity index (χ0) is 15.9. The van der Waals surface area contributed by atoms with E-state index in [-0.39, 0.29) is 49.2 Å². The van der Waals surface area contributed by atoms with Crippen LogP contribution < -0.4 is 0 Å². The van der Waals surface area contributed by atoms with Gasteiger partial charge in [-0.15, -0.1) is 0 Å². The Morgan fingerprint density at radius 2 is 0.759 bits per heavy atom. The first-order valence-corrected chi connectivity index (χ1v) is 7.85. The van der Waals surface area contributed by atoms with Gasteiger partial charge in [-0.2, -0.15) is 0 Å². The Morgan fingerprint density at radius 1 is 0.448 bits per heavy atom. The number of fused-ring (bicyclic) bond motifs is 8. The summed E-state index contributed by atoms with van der Waals surface area (Å²) in [5.74, 6) is 0. The van der Waals surface area contributed by atoms with Crippen molar-refractivity contribution in [2.24, 2.45) is 0 Å². The van der Waals surface area contributed by atoms with E-state index in [0.717, 1.165) is 44.8 Å². The molecule has 0 fully saturated rings. The maximum absolute atomic E-state index is 4.62. The third-order valence-electron chi connectivity index (χ3n) is 4.04. The summed E-state index contributed by atoms with van der Waals surface area (Å²) in [6.07, 6.45) is 8.05. The molecule has 5 rings (SSSR count). The van der Waals surface area contributed by atoms with Crippen LogP contribution in [0.25, 0.3) is 46.4 Å². The van der Waals surface area contributed by atoms with Crippen LogP contribution in [0.15, 0.2) is 48.5 Å². The van der Waals surface area contributed by atoms with E-state index in [0.29, 0.717) is 0 Å². The number of H-pyrrole nitrogens is 2. The van der Waals surface area contributed by atoms with E-state index in [1.54, 1.807) is 0 Å². The average molecular weight is 436 g/mol. The molecule has 2 aliphatic rings. The molecule has 0 saturated heterocycles. The van der Waals surface area contributed by atoms with Gasteiger partial charge in [0.2, 0.25) is 0 Å². The van der Waals surface area contributed by atoms with Crippen molar-refractivity contribution in [3.05, 3.63) is 101 Å². The predicted molar refractivity (Wildman–Crippen MR) is 125 cm³/mol. The van der Waals surface area contributed by atoms with Crippen molar-refractivity contribution < 1.29 is 19.5 Å². The van der Waals surface area contributed by atoms with Crippen LogP contribution >= 0.6 is 0 Å². The van der Waals surface area contributed by atoms with Gasteiger partial charge < -0.3 is 39.7 Å². The molecule has 5 heterocycles. The molecular weight excluding hydrogens is 410 g/mol. The molecule has 29 heavy (non-hydrogen) atoms. The molecule has 148 valence electrons. The first-order chi connectivity index (χ1) is 11.8. The smallest absolute Gasteiger partial charge is 0.0659 e. The van der Waals surface area contributed by atoms with Gasteiger partial charge in [-0.1, -0.05) is 0 Å². The zero-order valence-corrected chi connectivity index (χ0v) is 20.5. The molecular formula is C24H26N4Zn-4. The fourth-order valence-electron chi connectivity index (χ4n) is 2.94. The summed E-state index contributed by atoms with van der Waals surface area (Å²) in [7, 11) is 0. The molecule has 0 unspecified atom stereocenters. The second kappa shape index (κ2) is 10.7. The van der Waals surface area contributed by atoms with Crippen LogP contribution in [0.3, 0.4) is 0 Å². The monoisotopic (exact) mass is 434 g/mol. The molecule has 0 saturated carbocycles. The topological polar surface area (TPSA) is 57.4 Å². The SMILES string of the molecule is C1=Cc2cc3ccc(cc4ccc(cc5nc(cc1n2)C=C5)[nH]4)[nH]3.[CH3-].[CH3-].[CH3-].[CH3-].[Zn]. The van der Waals surface area contributed by atoms with Crippen LogP contribution in [-0.2, 0) is 19.5 Å². The molecule has 0 spiro atoms. The van der Waals surface area contributed by atoms with Crippen LogP contribution in [0.1, 0.15) is 22.8 Å². The van der Waals surface area contributed by atoms with Gasteiger partial charge in [0.15, 0.2) is 0 Å². The van der Waals surface area contributed by atoms with Crippen LogP contribution in [0, 0.1) is 29.7 Å². The summed E-state index contributed by atoms with van der Waals surface area (Å²) < 4.78 is 0. The second-order valence-corrected chi connectivity index (χ2v) is 5.91. The molecule has 8 bridgehead atoms. The molecule has 0 radical (unpaired) electrons.